The van der Waals surface area contributed by atoms with Gasteiger partial charge in [0.25, 0.3) is 0 Å². The molecule has 0 bridgehead atoms. The molecule has 5 nitrogen and oxygen atoms in total. The number of rotatable bonds is 2. The fraction of sp³-hybridized carbons (Fsp3) is 0.229. The van der Waals surface area contributed by atoms with Crippen molar-refractivity contribution in [2.75, 3.05) is 0 Å². The quantitative estimate of drug-likeness (QED) is 0.228. The fourth-order valence-electron chi connectivity index (χ4n) is 5.67. The van der Waals surface area contributed by atoms with Crippen molar-refractivity contribution < 1.29 is 0 Å². The normalized spacial score (nSPS) is 12.8. The molecule has 0 saturated heterocycles. The van der Waals surface area contributed by atoms with Crippen molar-refractivity contribution in [3.05, 3.63) is 102 Å². The number of pyridine rings is 1. The summed E-state index contributed by atoms with van der Waals surface area (Å²) in [5, 5.41) is 1.08. The van der Waals surface area contributed by atoms with Crippen molar-refractivity contribution in [2.24, 2.45) is 0 Å². The monoisotopic (exact) mass is 523 g/mol. The Morgan fingerprint density at radius 3 is 1.62 bits per heavy atom. The molecule has 0 fully saturated rings. The molecule has 0 atom stereocenters. The molecular formula is C35H33N5. The Kier molecular flexibility index (Phi) is 5.21. The number of fused-ring (bicyclic) bond motifs is 6. The molecule has 4 aromatic heterocycles. The van der Waals surface area contributed by atoms with E-state index < -0.39 is 0 Å². The molecule has 4 heterocycles. The van der Waals surface area contributed by atoms with E-state index in [0.29, 0.717) is 0 Å². The van der Waals surface area contributed by atoms with Crippen LogP contribution in [0.25, 0.3) is 55.6 Å². The molecule has 0 spiro atoms. The Bertz CT molecular complexity index is 1900. The minimum atomic E-state index is 0.0797. The summed E-state index contributed by atoms with van der Waals surface area (Å²) in [5.74, 6) is 0. The average Bonchev–Trinajstić information content (AvgIpc) is 3.43. The van der Waals surface area contributed by atoms with Crippen LogP contribution in [-0.4, -0.2) is 24.1 Å². The third kappa shape index (κ3) is 3.72. The highest BCUT2D eigenvalue weighted by Crippen LogP contribution is 2.36. The van der Waals surface area contributed by atoms with E-state index in [-0.39, 0.29) is 10.8 Å². The summed E-state index contributed by atoms with van der Waals surface area (Å²) in [6, 6.07) is 30.1. The summed E-state index contributed by atoms with van der Waals surface area (Å²) < 4.78 is 4.43. The van der Waals surface area contributed by atoms with Crippen LogP contribution in [-0.2, 0) is 10.8 Å². The van der Waals surface area contributed by atoms with Gasteiger partial charge < -0.3 is 0 Å². The molecule has 0 radical (unpaired) electrons. The van der Waals surface area contributed by atoms with E-state index in [9.17, 15) is 0 Å². The molecule has 0 amide bonds. The second-order valence-corrected chi connectivity index (χ2v) is 12.7. The van der Waals surface area contributed by atoms with Crippen LogP contribution in [0.5, 0.6) is 0 Å². The van der Waals surface area contributed by atoms with Gasteiger partial charge in [0.15, 0.2) is 11.3 Å². The molecule has 198 valence electrons. The lowest BCUT2D eigenvalue weighted by atomic mass is 9.87. The second kappa shape index (κ2) is 8.49. The third-order valence-electron chi connectivity index (χ3n) is 7.92. The predicted molar refractivity (Wildman–Crippen MR) is 166 cm³/mol. The van der Waals surface area contributed by atoms with Crippen LogP contribution in [0.2, 0.25) is 0 Å². The van der Waals surface area contributed by atoms with E-state index in [1.807, 2.05) is 12.3 Å². The number of hydrogen-bond acceptors (Lipinski definition) is 3. The molecule has 0 N–H and O–H groups in total. The van der Waals surface area contributed by atoms with Gasteiger partial charge in [-0.3, -0.25) is 14.1 Å². The van der Waals surface area contributed by atoms with Crippen LogP contribution in [0, 0.1) is 0 Å². The van der Waals surface area contributed by atoms with Crippen LogP contribution in [0.1, 0.15) is 52.7 Å². The van der Waals surface area contributed by atoms with Gasteiger partial charge in [0.2, 0.25) is 0 Å². The van der Waals surface area contributed by atoms with Gasteiger partial charge in [0, 0.05) is 23.0 Å². The predicted octanol–water partition coefficient (Wildman–Crippen LogP) is 8.66. The number of aromatic nitrogens is 5. The molecule has 40 heavy (non-hydrogen) atoms. The van der Waals surface area contributed by atoms with Gasteiger partial charge >= 0.3 is 0 Å². The van der Waals surface area contributed by atoms with Crippen LogP contribution < -0.4 is 0 Å². The first-order chi connectivity index (χ1) is 19.1. The highest BCUT2D eigenvalue weighted by Gasteiger charge is 2.22. The van der Waals surface area contributed by atoms with Gasteiger partial charge in [-0.2, -0.15) is 0 Å². The number of para-hydroxylation sites is 1. The first-order valence-electron chi connectivity index (χ1n) is 13.9. The summed E-state index contributed by atoms with van der Waals surface area (Å²) in [6.07, 6.45) is 1.83. The van der Waals surface area contributed by atoms with Crippen molar-refractivity contribution in [3.63, 3.8) is 0 Å². The van der Waals surface area contributed by atoms with Crippen LogP contribution in [0.15, 0.2) is 91.1 Å². The molecule has 0 saturated carbocycles. The summed E-state index contributed by atoms with van der Waals surface area (Å²) in [7, 11) is 0. The van der Waals surface area contributed by atoms with E-state index in [2.05, 4.69) is 130 Å². The molecule has 0 aliphatic carbocycles. The van der Waals surface area contributed by atoms with E-state index >= 15 is 0 Å². The second-order valence-electron chi connectivity index (χ2n) is 12.7. The maximum Gasteiger partial charge on any atom is 0.168 e. The molecule has 0 aliphatic heterocycles. The molecular weight excluding hydrogens is 490 g/mol. The number of hydrogen-bond donors (Lipinski definition) is 0. The van der Waals surface area contributed by atoms with Gasteiger partial charge in [-0.1, -0.05) is 84.0 Å². The topological polar surface area (TPSA) is 48.5 Å². The Morgan fingerprint density at radius 2 is 1.02 bits per heavy atom. The SMILES string of the molecule is CC(C)(C)c1ccc(-n2c3ccccc3c3nc4c5ncccc5n(-c5ccc(C(C)(C)C)cc5)c4nc32)cc1. The van der Waals surface area contributed by atoms with Gasteiger partial charge in [-0.05, 0) is 64.4 Å². The Hall–Kier alpha value is -4.51. The molecule has 0 aliphatic rings. The van der Waals surface area contributed by atoms with E-state index in [0.717, 1.165) is 55.6 Å². The van der Waals surface area contributed by atoms with Gasteiger partial charge in [-0.25, -0.2) is 9.97 Å². The van der Waals surface area contributed by atoms with E-state index in [1.165, 1.54) is 11.1 Å². The zero-order chi connectivity index (χ0) is 27.8. The lowest BCUT2D eigenvalue weighted by Crippen LogP contribution is -2.11. The summed E-state index contributed by atoms with van der Waals surface area (Å²) in [6.45, 7) is 13.4. The average molecular weight is 524 g/mol. The largest absolute Gasteiger partial charge is 0.292 e. The van der Waals surface area contributed by atoms with Crippen molar-refractivity contribution >= 4 is 44.3 Å². The highest BCUT2D eigenvalue weighted by molar-refractivity contribution is 6.11. The molecule has 0 unspecified atom stereocenters. The minimum absolute atomic E-state index is 0.0797. The Morgan fingerprint density at radius 1 is 0.500 bits per heavy atom. The van der Waals surface area contributed by atoms with Gasteiger partial charge in [-0.15, -0.1) is 0 Å². The Balaban J connectivity index is 1.55. The minimum Gasteiger partial charge on any atom is -0.292 e. The van der Waals surface area contributed by atoms with Crippen LogP contribution in [0.4, 0.5) is 0 Å². The Labute approximate surface area is 234 Å². The maximum absolute atomic E-state index is 5.37. The van der Waals surface area contributed by atoms with Crippen LogP contribution in [0.3, 0.4) is 0 Å². The zero-order valence-corrected chi connectivity index (χ0v) is 23.9. The van der Waals surface area contributed by atoms with E-state index in [1.54, 1.807) is 0 Å². The standard InChI is InChI=1S/C35H33N5/c1-34(2,3)22-13-17-24(18-14-22)39-27-11-8-7-10-26(27)29-32(39)38-33-31(37-29)30-28(12-9-21-36-30)40(33)25-19-15-23(16-20-25)35(4,5)6/h7-21H,1-6H3. The smallest absolute Gasteiger partial charge is 0.168 e. The van der Waals surface area contributed by atoms with Crippen molar-refractivity contribution in [1.29, 1.82) is 0 Å². The summed E-state index contributed by atoms with van der Waals surface area (Å²) in [4.78, 5) is 15.4. The number of benzene rings is 3. The number of nitrogens with zero attached hydrogens (tertiary/aromatic N) is 5. The lowest BCUT2D eigenvalue weighted by Gasteiger charge is -2.19. The maximum atomic E-state index is 5.37. The van der Waals surface area contributed by atoms with Crippen molar-refractivity contribution in [1.82, 2.24) is 24.1 Å². The molecule has 7 aromatic rings. The van der Waals surface area contributed by atoms with Crippen molar-refractivity contribution in [2.45, 2.75) is 52.4 Å². The van der Waals surface area contributed by atoms with Gasteiger partial charge in [0.1, 0.15) is 16.6 Å². The van der Waals surface area contributed by atoms with Crippen LogP contribution >= 0.6 is 0 Å². The first kappa shape index (κ1) is 24.5. The third-order valence-corrected chi connectivity index (χ3v) is 7.92. The van der Waals surface area contributed by atoms with E-state index in [4.69, 9.17) is 15.0 Å². The fourth-order valence-corrected chi connectivity index (χ4v) is 5.67. The molecule has 5 heteroatoms. The van der Waals surface area contributed by atoms with Crippen molar-refractivity contribution in [3.8, 4) is 11.4 Å². The molecule has 7 rings (SSSR count). The van der Waals surface area contributed by atoms with Gasteiger partial charge in [0.05, 0.1) is 11.0 Å². The molecule has 3 aromatic carbocycles. The first-order valence-corrected chi connectivity index (χ1v) is 13.9. The highest BCUT2D eigenvalue weighted by atomic mass is 15.1. The zero-order valence-electron chi connectivity index (χ0n) is 23.9. The summed E-state index contributed by atoms with van der Waals surface area (Å²) in [5.41, 5.74) is 11.2. The lowest BCUT2D eigenvalue weighted by molar-refractivity contribution is 0.590. The summed E-state index contributed by atoms with van der Waals surface area (Å²) >= 11 is 0.